The highest BCUT2D eigenvalue weighted by atomic mass is 32.2. The lowest BCUT2D eigenvalue weighted by Crippen LogP contribution is -2.43. The Hall–Kier alpha value is -3.34. The fourth-order valence-electron chi connectivity index (χ4n) is 3.11. The van der Waals surface area contributed by atoms with Gasteiger partial charge in [-0.05, 0) is 49.7 Å². The molecular weight excluding hydrogens is 470 g/mol. The zero-order valence-electron chi connectivity index (χ0n) is 18.7. The van der Waals surface area contributed by atoms with E-state index >= 15 is 0 Å². The maximum Gasteiger partial charge on any atom is 0.269 e. The van der Waals surface area contributed by atoms with Crippen molar-refractivity contribution in [3.63, 3.8) is 0 Å². The molecule has 2 heterocycles. The van der Waals surface area contributed by atoms with Gasteiger partial charge in [-0.1, -0.05) is 36.0 Å². The van der Waals surface area contributed by atoms with E-state index in [1.54, 1.807) is 12.1 Å². The van der Waals surface area contributed by atoms with Crippen molar-refractivity contribution >= 4 is 45.1 Å². The molecule has 0 fully saturated rings. The molecule has 4 aromatic rings. The highest BCUT2D eigenvalue weighted by Gasteiger charge is 2.09. The number of thiazole rings is 1. The van der Waals surface area contributed by atoms with Gasteiger partial charge in [0.25, 0.3) is 11.8 Å². The number of rotatable bonds is 8. The van der Waals surface area contributed by atoms with E-state index in [1.807, 2.05) is 56.3 Å². The van der Waals surface area contributed by atoms with Crippen LogP contribution in [0.1, 0.15) is 32.3 Å². The fourth-order valence-corrected chi connectivity index (χ4v) is 4.92. The Bertz CT molecular complexity index is 1250. The smallest absolute Gasteiger partial charge is 0.269 e. The number of nitrogens with one attached hydrogen (secondary N) is 2. The molecule has 0 spiro atoms. The summed E-state index contributed by atoms with van der Waals surface area (Å²) >= 11 is 3.06. The predicted octanol–water partition coefficient (Wildman–Crippen LogP) is 3.97. The molecule has 0 radical (unpaired) electrons. The number of para-hydroxylation sites is 1. The number of ether oxygens (including phenoxy) is 1. The fraction of sp³-hybridized carbons (Fsp3) is 0.208. The number of fused-ring (bicyclic) bond motifs is 1. The van der Waals surface area contributed by atoms with Gasteiger partial charge in [-0.2, -0.15) is 0 Å². The van der Waals surface area contributed by atoms with Gasteiger partial charge in [-0.15, -0.1) is 11.3 Å². The van der Waals surface area contributed by atoms with Crippen molar-refractivity contribution in [2.75, 3.05) is 6.61 Å². The molecule has 0 aliphatic carbocycles. The number of carbonyl (C=O) groups is 2. The summed E-state index contributed by atoms with van der Waals surface area (Å²) in [6, 6.07) is 16.9. The van der Waals surface area contributed by atoms with Crippen molar-refractivity contribution in [1.82, 2.24) is 25.8 Å². The van der Waals surface area contributed by atoms with Crippen LogP contribution < -0.4 is 10.9 Å². The quantitative estimate of drug-likeness (QED) is 0.217. The highest BCUT2D eigenvalue weighted by Crippen LogP contribution is 2.22. The SMILES string of the molecule is Cc1cc(C)nc(SCc2ccc(C(=O)NNC(=O)COCc3nc4ccccc4s3)cc2)n1. The van der Waals surface area contributed by atoms with E-state index < -0.39 is 11.8 Å². The number of amides is 2. The molecule has 0 bridgehead atoms. The van der Waals surface area contributed by atoms with Gasteiger partial charge in [-0.3, -0.25) is 20.4 Å². The molecular formula is C24H23N5O3S2. The van der Waals surface area contributed by atoms with Crippen LogP contribution in [0, 0.1) is 13.8 Å². The molecule has 2 N–H and O–H groups in total. The van der Waals surface area contributed by atoms with Gasteiger partial charge in [0.15, 0.2) is 5.16 Å². The summed E-state index contributed by atoms with van der Waals surface area (Å²) in [5.74, 6) is -0.166. The first-order valence-corrected chi connectivity index (χ1v) is 12.3. The molecule has 0 aliphatic rings. The molecule has 34 heavy (non-hydrogen) atoms. The minimum absolute atomic E-state index is 0.188. The standard InChI is InChI=1S/C24H23N5O3S2/c1-15-11-16(2)26-24(25-15)33-14-17-7-9-18(10-8-17)23(31)29-28-21(30)12-32-13-22-27-19-5-3-4-6-20(19)34-22/h3-11H,12-14H2,1-2H3,(H,28,30)(H,29,31). The molecule has 8 nitrogen and oxygen atoms in total. The lowest BCUT2D eigenvalue weighted by Gasteiger charge is -2.08. The van der Waals surface area contributed by atoms with Crippen LogP contribution in [0.2, 0.25) is 0 Å². The second-order valence-electron chi connectivity index (χ2n) is 7.49. The van der Waals surface area contributed by atoms with Crippen molar-refractivity contribution in [2.45, 2.75) is 31.4 Å². The molecule has 2 aromatic heterocycles. The number of carbonyl (C=O) groups excluding carboxylic acids is 2. The molecule has 4 rings (SSSR count). The van der Waals surface area contributed by atoms with Crippen molar-refractivity contribution < 1.29 is 14.3 Å². The predicted molar refractivity (Wildman–Crippen MR) is 132 cm³/mol. The van der Waals surface area contributed by atoms with Gasteiger partial charge in [0, 0.05) is 22.7 Å². The normalized spacial score (nSPS) is 10.9. The van der Waals surface area contributed by atoms with Crippen molar-refractivity contribution in [3.8, 4) is 0 Å². The van der Waals surface area contributed by atoms with Gasteiger partial charge in [0.2, 0.25) is 0 Å². The van der Waals surface area contributed by atoms with Crippen LogP contribution in [-0.4, -0.2) is 33.4 Å². The Labute approximate surface area is 205 Å². The molecule has 2 aromatic carbocycles. The Morgan fingerprint density at radius 2 is 1.71 bits per heavy atom. The molecule has 174 valence electrons. The van der Waals surface area contributed by atoms with Crippen molar-refractivity contribution in [3.05, 3.63) is 82.1 Å². The first-order valence-electron chi connectivity index (χ1n) is 10.5. The molecule has 2 amide bonds. The molecule has 0 saturated heterocycles. The van der Waals surface area contributed by atoms with Crippen LogP contribution in [-0.2, 0) is 21.9 Å². The lowest BCUT2D eigenvalue weighted by molar-refractivity contribution is -0.126. The van der Waals surface area contributed by atoms with Crippen LogP contribution in [0.5, 0.6) is 0 Å². The number of aryl methyl sites for hydroxylation is 2. The van der Waals surface area contributed by atoms with Gasteiger partial charge in [-0.25, -0.2) is 15.0 Å². The van der Waals surface area contributed by atoms with E-state index in [4.69, 9.17) is 4.74 Å². The summed E-state index contributed by atoms with van der Waals surface area (Å²) < 4.78 is 6.49. The average molecular weight is 494 g/mol. The van der Waals surface area contributed by atoms with Gasteiger partial charge in [0.1, 0.15) is 11.6 Å². The van der Waals surface area contributed by atoms with E-state index in [-0.39, 0.29) is 13.2 Å². The molecule has 0 saturated carbocycles. The third kappa shape index (κ3) is 6.60. The summed E-state index contributed by atoms with van der Waals surface area (Å²) in [5, 5.41) is 1.52. The van der Waals surface area contributed by atoms with Crippen molar-refractivity contribution in [2.24, 2.45) is 0 Å². The zero-order valence-corrected chi connectivity index (χ0v) is 20.3. The molecule has 0 aliphatic heterocycles. The van der Waals surface area contributed by atoms with Crippen LogP contribution >= 0.6 is 23.1 Å². The maximum atomic E-state index is 12.3. The third-order valence-corrected chi connectivity index (χ3v) is 6.59. The Balaban J connectivity index is 1.19. The second kappa shape index (κ2) is 11.2. The Morgan fingerprint density at radius 3 is 2.44 bits per heavy atom. The zero-order chi connectivity index (χ0) is 23.9. The second-order valence-corrected chi connectivity index (χ2v) is 9.55. The summed E-state index contributed by atoms with van der Waals surface area (Å²) in [6.07, 6.45) is 0. The Kier molecular flexibility index (Phi) is 7.84. The van der Waals surface area contributed by atoms with Gasteiger partial charge >= 0.3 is 0 Å². The van der Waals surface area contributed by atoms with Crippen LogP contribution in [0.15, 0.2) is 59.8 Å². The number of benzene rings is 2. The minimum atomic E-state index is -0.448. The number of hydrogen-bond donors (Lipinski definition) is 2. The Morgan fingerprint density at radius 1 is 0.971 bits per heavy atom. The van der Waals surface area contributed by atoms with Crippen molar-refractivity contribution in [1.29, 1.82) is 0 Å². The maximum absolute atomic E-state index is 12.3. The number of thioether (sulfide) groups is 1. The van der Waals surface area contributed by atoms with E-state index in [9.17, 15) is 9.59 Å². The monoisotopic (exact) mass is 493 g/mol. The average Bonchev–Trinajstić information content (AvgIpc) is 3.24. The molecule has 0 atom stereocenters. The van der Waals surface area contributed by atoms with E-state index in [1.165, 1.54) is 23.1 Å². The summed E-state index contributed by atoms with van der Waals surface area (Å²) in [5.41, 5.74) is 9.02. The van der Waals surface area contributed by atoms with Crippen LogP contribution in [0.3, 0.4) is 0 Å². The van der Waals surface area contributed by atoms with Gasteiger partial charge < -0.3 is 4.74 Å². The minimum Gasteiger partial charge on any atom is -0.364 e. The van der Waals surface area contributed by atoms with Crippen LogP contribution in [0.4, 0.5) is 0 Å². The summed E-state index contributed by atoms with van der Waals surface area (Å²) in [7, 11) is 0. The van der Waals surface area contributed by atoms with E-state index in [0.29, 0.717) is 11.3 Å². The van der Waals surface area contributed by atoms with Gasteiger partial charge in [0.05, 0.1) is 16.8 Å². The largest absolute Gasteiger partial charge is 0.364 e. The summed E-state index contributed by atoms with van der Waals surface area (Å²) in [4.78, 5) is 37.6. The number of aromatic nitrogens is 3. The number of hydrogen-bond acceptors (Lipinski definition) is 8. The lowest BCUT2D eigenvalue weighted by atomic mass is 10.1. The number of hydrazine groups is 1. The molecule has 10 heteroatoms. The number of nitrogens with zero attached hydrogens (tertiary/aromatic N) is 3. The van der Waals surface area contributed by atoms with Crippen LogP contribution in [0.25, 0.3) is 10.2 Å². The van der Waals surface area contributed by atoms with E-state index in [2.05, 4.69) is 25.8 Å². The topological polar surface area (TPSA) is 106 Å². The first-order chi connectivity index (χ1) is 16.5. The first kappa shape index (κ1) is 23.8. The molecule has 0 unspecified atom stereocenters. The summed E-state index contributed by atoms with van der Waals surface area (Å²) in [6.45, 7) is 3.93. The third-order valence-electron chi connectivity index (χ3n) is 4.66. The van der Waals surface area contributed by atoms with E-state index in [0.717, 1.165) is 37.3 Å². The highest BCUT2D eigenvalue weighted by molar-refractivity contribution is 7.98.